The molecule has 0 atom stereocenters. The summed E-state index contributed by atoms with van der Waals surface area (Å²) < 4.78 is 5.68. The largest absolute Gasteiger partial charge is 0.471 e. The van der Waals surface area contributed by atoms with E-state index in [-0.39, 0.29) is 23.8 Å². The van der Waals surface area contributed by atoms with Crippen LogP contribution in [0, 0.1) is 10.7 Å². The SMILES string of the molecule is N#CSc1ccc2c(c1)Cc1cc(NC(=S)OCCCNC(=O)Nc3ccc4c(c3)Cc3cc(NC(=O)NCCCO)ccc3-4)ccc1-2. The molecular weight excluding hydrogens is 645 g/mol. The maximum absolute atomic E-state index is 12.6. The molecular formula is C36H34N6O4S2. The predicted octanol–water partition coefficient (Wildman–Crippen LogP) is 6.83. The highest BCUT2D eigenvalue weighted by Gasteiger charge is 2.21. The number of nitrogens with one attached hydrogen (secondary N) is 5. The van der Waals surface area contributed by atoms with Crippen LogP contribution >= 0.6 is 24.0 Å². The Morgan fingerprint density at radius 2 is 1.21 bits per heavy atom. The molecule has 0 heterocycles. The predicted molar refractivity (Wildman–Crippen MR) is 193 cm³/mol. The smallest absolute Gasteiger partial charge is 0.319 e. The van der Waals surface area contributed by atoms with Gasteiger partial charge in [-0.25, -0.2) is 9.59 Å². The molecule has 10 nitrogen and oxygen atoms in total. The number of aliphatic hydroxyl groups excluding tert-OH is 1. The zero-order chi connectivity index (χ0) is 33.5. The van der Waals surface area contributed by atoms with Crippen LogP contribution in [0.1, 0.15) is 35.1 Å². The molecule has 48 heavy (non-hydrogen) atoms. The van der Waals surface area contributed by atoms with Gasteiger partial charge >= 0.3 is 12.1 Å². The van der Waals surface area contributed by atoms with Gasteiger partial charge in [-0.3, -0.25) is 0 Å². The second-order valence-corrected chi connectivity index (χ2v) is 12.7. The van der Waals surface area contributed by atoms with Crippen LogP contribution in [0.4, 0.5) is 26.7 Å². The number of fused-ring (bicyclic) bond motifs is 6. The lowest BCUT2D eigenvalue weighted by atomic mass is 10.1. The zero-order valence-corrected chi connectivity index (χ0v) is 27.7. The standard InChI is InChI=1S/C36H34N6O4S2/c37-21-48-29-6-10-33-25(20-29)16-24-19-28(5-9-32(24)33)42-36(47)46-14-2-12-39-35(45)41-27-4-8-31-23(18-27)15-22-17-26(3-7-30(22)31)40-34(44)38-11-1-13-43/h3-10,17-20,43H,1-2,11-16H2,(H,42,47)(H2,38,40,44)(H2,39,41,45). The second kappa shape index (κ2) is 15.2. The number of carbonyl (C=O) groups excluding carboxylic acids is 2. The van der Waals surface area contributed by atoms with Gasteiger partial charge < -0.3 is 36.4 Å². The number of hydrogen-bond donors (Lipinski definition) is 6. The molecule has 4 amide bonds. The van der Waals surface area contributed by atoms with Gasteiger partial charge in [0.15, 0.2) is 0 Å². The van der Waals surface area contributed by atoms with E-state index in [1.807, 2.05) is 48.5 Å². The Morgan fingerprint density at radius 3 is 1.73 bits per heavy atom. The Morgan fingerprint density at radius 1 is 0.729 bits per heavy atom. The van der Waals surface area contributed by atoms with E-state index in [1.165, 1.54) is 34.0 Å². The van der Waals surface area contributed by atoms with Crippen molar-refractivity contribution in [3.8, 4) is 27.7 Å². The summed E-state index contributed by atoms with van der Waals surface area (Å²) in [7, 11) is 0. The van der Waals surface area contributed by atoms with E-state index in [1.54, 1.807) is 0 Å². The van der Waals surface area contributed by atoms with E-state index in [0.29, 0.717) is 50.3 Å². The van der Waals surface area contributed by atoms with Crippen LogP contribution in [0.5, 0.6) is 0 Å². The topological polar surface area (TPSA) is 148 Å². The number of urea groups is 2. The molecule has 0 radical (unpaired) electrons. The van der Waals surface area contributed by atoms with Gasteiger partial charge in [-0.1, -0.05) is 24.3 Å². The van der Waals surface area contributed by atoms with Gasteiger partial charge in [-0.05, 0) is 143 Å². The maximum Gasteiger partial charge on any atom is 0.319 e. The van der Waals surface area contributed by atoms with Gasteiger partial charge in [0.2, 0.25) is 0 Å². The van der Waals surface area contributed by atoms with Crippen molar-refractivity contribution < 1.29 is 19.4 Å². The van der Waals surface area contributed by atoms with E-state index in [9.17, 15) is 9.59 Å². The highest BCUT2D eigenvalue weighted by atomic mass is 32.2. The maximum atomic E-state index is 12.6. The molecule has 6 N–H and O–H groups in total. The Hall–Kier alpha value is -5.09. The molecule has 0 fully saturated rings. The van der Waals surface area contributed by atoms with Crippen molar-refractivity contribution in [3.05, 3.63) is 95.1 Å². The molecule has 4 aromatic rings. The highest BCUT2D eigenvalue weighted by molar-refractivity contribution is 8.03. The molecule has 0 saturated heterocycles. The fraction of sp³-hybridized carbons (Fsp3) is 0.222. The van der Waals surface area contributed by atoms with Crippen molar-refractivity contribution in [2.45, 2.75) is 30.6 Å². The number of nitriles is 1. The summed E-state index contributed by atoms with van der Waals surface area (Å²) in [5, 5.41) is 34.7. The number of ether oxygens (including phenoxy) is 1. The number of amides is 4. The second-order valence-electron chi connectivity index (χ2n) is 11.4. The molecule has 2 aliphatic rings. The lowest BCUT2D eigenvalue weighted by Gasteiger charge is -2.12. The molecule has 244 valence electrons. The molecule has 2 aliphatic carbocycles. The zero-order valence-electron chi connectivity index (χ0n) is 26.0. The fourth-order valence-electron chi connectivity index (χ4n) is 5.97. The van der Waals surface area contributed by atoms with Crippen molar-refractivity contribution in [1.29, 1.82) is 5.26 Å². The van der Waals surface area contributed by atoms with Crippen LogP contribution in [-0.4, -0.2) is 48.6 Å². The van der Waals surface area contributed by atoms with Gasteiger partial charge in [-0.15, -0.1) is 0 Å². The van der Waals surface area contributed by atoms with E-state index in [4.69, 9.17) is 27.3 Å². The minimum absolute atomic E-state index is 0.0279. The quantitative estimate of drug-likeness (QED) is 0.0378. The number of thiocarbonyl (C=S) groups is 1. The lowest BCUT2D eigenvalue weighted by molar-refractivity contribution is 0.248. The Bertz CT molecular complexity index is 1930. The van der Waals surface area contributed by atoms with Gasteiger partial charge in [-0.2, -0.15) is 5.26 Å². The Labute approximate surface area is 288 Å². The van der Waals surface area contributed by atoms with Gasteiger partial charge in [0.25, 0.3) is 5.17 Å². The van der Waals surface area contributed by atoms with Crippen LogP contribution in [0.15, 0.2) is 77.7 Å². The fourth-order valence-corrected chi connectivity index (χ4v) is 6.62. The van der Waals surface area contributed by atoms with Gasteiger partial charge in [0.1, 0.15) is 5.40 Å². The third-order valence-electron chi connectivity index (χ3n) is 8.12. The summed E-state index contributed by atoms with van der Waals surface area (Å²) in [6, 6.07) is 23.3. The first-order valence-corrected chi connectivity index (χ1v) is 16.9. The molecule has 6 rings (SSSR count). The molecule has 0 bridgehead atoms. The summed E-state index contributed by atoms with van der Waals surface area (Å²) in [6.07, 6.45) is 2.57. The van der Waals surface area contributed by atoms with E-state index in [2.05, 4.69) is 56.3 Å². The minimum Gasteiger partial charge on any atom is -0.471 e. The average Bonchev–Trinajstić information content (AvgIpc) is 3.61. The Balaban J connectivity index is 0.907. The van der Waals surface area contributed by atoms with E-state index < -0.39 is 0 Å². The minimum atomic E-state index is -0.308. The van der Waals surface area contributed by atoms with Crippen molar-refractivity contribution in [2.24, 2.45) is 0 Å². The first kappa shape index (κ1) is 32.8. The summed E-state index contributed by atoms with van der Waals surface area (Å²) in [5.41, 5.74) is 11.4. The molecule has 0 spiro atoms. The first-order chi connectivity index (χ1) is 23.4. The number of nitrogens with zero attached hydrogens (tertiary/aromatic N) is 1. The average molecular weight is 679 g/mol. The number of carbonyl (C=O) groups is 2. The molecule has 0 aromatic heterocycles. The Kier molecular flexibility index (Phi) is 10.4. The summed E-state index contributed by atoms with van der Waals surface area (Å²) in [4.78, 5) is 25.6. The normalized spacial score (nSPS) is 11.7. The lowest BCUT2D eigenvalue weighted by Crippen LogP contribution is -2.30. The number of anilines is 3. The summed E-state index contributed by atoms with van der Waals surface area (Å²) in [6.45, 7) is 1.19. The number of thiocyanates is 1. The van der Waals surface area contributed by atoms with Crippen LogP contribution in [-0.2, 0) is 17.6 Å². The van der Waals surface area contributed by atoms with E-state index >= 15 is 0 Å². The van der Waals surface area contributed by atoms with Gasteiger partial charge in [0, 0.05) is 41.7 Å². The van der Waals surface area contributed by atoms with E-state index in [0.717, 1.165) is 39.3 Å². The number of rotatable bonds is 11. The van der Waals surface area contributed by atoms with Crippen molar-refractivity contribution in [3.63, 3.8) is 0 Å². The van der Waals surface area contributed by atoms with Crippen LogP contribution in [0.25, 0.3) is 22.3 Å². The number of aliphatic hydroxyl groups is 1. The molecule has 0 unspecified atom stereocenters. The molecule has 4 aromatic carbocycles. The van der Waals surface area contributed by atoms with Crippen molar-refractivity contribution in [2.75, 3.05) is 42.3 Å². The number of thioether (sulfide) groups is 1. The van der Waals surface area contributed by atoms with Gasteiger partial charge in [0.05, 0.1) is 6.61 Å². The first-order valence-electron chi connectivity index (χ1n) is 15.6. The highest BCUT2D eigenvalue weighted by Crippen LogP contribution is 2.40. The third-order valence-corrected chi connectivity index (χ3v) is 8.92. The molecule has 0 saturated carbocycles. The number of hydrogen-bond acceptors (Lipinski definition) is 7. The monoisotopic (exact) mass is 678 g/mol. The number of benzene rings is 4. The van der Waals surface area contributed by atoms with Crippen LogP contribution < -0.4 is 26.6 Å². The summed E-state index contributed by atoms with van der Waals surface area (Å²) in [5.74, 6) is 0. The van der Waals surface area contributed by atoms with Crippen LogP contribution in [0.3, 0.4) is 0 Å². The van der Waals surface area contributed by atoms with Crippen molar-refractivity contribution >= 4 is 58.3 Å². The molecule has 12 heteroatoms. The van der Waals surface area contributed by atoms with Crippen LogP contribution in [0.2, 0.25) is 0 Å². The summed E-state index contributed by atoms with van der Waals surface area (Å²) >= 11 is 6.55. The molecule has 0 aliphatic heterocycles. The van der Waals surface area contributed by atoms with Crippen molar-refractivity contribution in [1.82, 2.24) is 10.6 Å². The third kappa shape index (κ3) is 7.88.